The summed E-state index contributed by atoms with van der Waals surface area (Å²) in [5.74, 6) is -0.939. The van der Waals surface area contributed by atoms with Gasteiger partial charge in [0, 0.05) is 37.3 Å². The van der Waals surface area contributed by atoms with Crippen molar-refractivity contribution in [1.82, 2.24) is 10.6 Å². The normalized spacial score (nSPS) is 12.4. The Labute approximate surface area is 342 Å². The summed E-state index contributed by atoms with van der Waals surface area (Å²) < 4.78 is 10.3. The van der Waals surface area contributed by atoms with Gasteiger partial charge in [-0.15, -0.1) is 0 Å². The first-order valence-corrected chi connectivity index (χ1v) is 18.0. The summed E-state index contributed by atoms with van der Waals surface area (Å²) in [7, 11) is 3.28. The lowest BCUT2D eigenvalue weighted by atomic mass is 10.1. The number of hydrogen-bond donors (Lipinski definition) is 10. The Morgan fingerprint density at radius 2 is 0.949 bits per heavy atom. The molecule has 0 aromatic heterocycles. The molecule has 0 fully saturated rings. The Hall–Kier alpha value is -6.50. The van der Waals surface area contributed by atoms with Crippen LogP contribution in [0.3, 0.4) is 0 Å². The molecule has 59 heavy (non-hydrogen) atoms. The lowest BCUT2D eigenvalue weighted by molar-refractivity contribution is -0.134. The SMILES string of the molecule is COc1ccc(C[C@@H](C)NC[C@H](O)c2ccc(O)c(NC=O)c2)cc1.COc1ccc(C[C@@H](C)NC[C@H](O)c2ccc(O)c(NC=O)c2)cc1.O.O=C(O)/C=C/C(=O)O. The van der Waals surface area contributed by atoms with E-state index in [0.717, 1.165) is 24.3 Å². The smallest absolute Gasteiger partial charge is 0.328 e. The van der Waals surface area contributed by atoms with Crippen molar-refractivity contribution in [2.75, 3.05) is 37.9 Å². The summed E-state index contributed by atoms with van der Waals surface area (Å²) in [6, 6.07) is 25.4. The van der Waals surface area contributed by atoms with E-state index >= 15 is 0 Å². The Morgan fingerprint density at radius 1 is 0.610 bits per heavy atom. The number of aliphatic carboxylic acids is 2. The third kappa shape index (κ3) is 19.5. The van der Waals surface area contributed by atoms with E-state index in [4.69, 9.17) is 19.7 Å². The molecule has 2 amide bonds. The van der Waals surface area contributed by atoms with Gasteiger partial charge in [0.1, 0.15) is 23.0 Å². The second-order valence-electron chi connectivity index (χ2n) is 12.8. The lowest BCUT2D eigenvalue weighted by Crippen LogP contribution is -2.32. The van der Waals surface area contributed by atoms with Gasteiger partial charge in [-0.25, -0.2) is 9.59 Å². The van der Waals surface area contributed by atoms with Crippen LogP contribution in [0.4, 0.5) is 11.4 Å². The van der Waals surface area contributed by atoms with Crippen LogP contribution in [0.1, 0.15) is 48.3 Å². The number of ether oxygens (including phenoxy) is 2. The number of aliphatic hydroxyl groups excluding tert-OH is 2. The van der Waals surface area contributed by atoms with E-state index in [9.17, 15) is 39.6 Å². The summed E-state index contributed by atoms with van der Waals surface area (Å²) in [6.45, 7) is 4.82. The molecule has 4 aromatic rings. The van der Waals surface area contributed by atoms with Gasteiger partial charge in [-0.1, -0.05) is 36.4 Å². The maximum Gasteiger partial charge on any atom is 0.328 e. The lowest BCUT2D eigenvalue weighted by Gasteiger charge is -2.18. The molecule has 12 N–H and O–H groups in total. The first-order valence-electron chi connectivity index (χ1n) is 18.0. The fraction of sp³-hybridized carbons (Fsp3) is 0.286. The minimum atomic E-state index is -1.26. The number of carboxylic acids is 2. The number of phenolic OH excluding ortho intramolecular Hbond substituents is 2. The number of nitrogens with one attached hydrogen (secondary N) is 4. The number of carbonyl (C=O) groups excluding carboxylic acids is 2. The zero-order valence-corrected chi connectivity index (χ0v) is 33.2. The van der Waals surface area contributed by atoms with Gasteiger partial charge in [0.15, 0.2) is 0 Å². The number of amides is 2. The van der Waals surface area contributed by atoms with Crippen LogP contribution in [0.25, 0.3) is 0 Å². The maximum absolute atomic E-state index is 10.5. The maximum atomic E-state index is 10.5. The van der Waals surface area contributed by atoms with Crippen LogP contribution in [-0.4, -0.2) is 100 Å². The number of carboxylic acid groups (broad SMARTS) is 2. The molecule has 17 nitrogen and oxygen atoms in total. The number of aromatic hydroxyl groups is 2. The fourth-order valence-electron chi connectivity index (χ4n) is 5.26. The predicted octanol–water partition coefficient (Wildman–Crippen LogP) is 3.33. The van der Waals surface area contributed by atoms with Gasteiger partial charge < -0.3 is 66.9 Å². The molecular weight excluding hydrogens is 768 g/mol. The van der Waals surface area contributed by atoms with Gasteiger partial charge in [-0.3, -0.25) is 9.59 Å². The van der Waals surface area contributed by atoms with Gasteiger partial charge in [0.05, 0.1) is 37.8 Å². The van der Waals surface area contributed by atoms with E-state index in [1.165, 1.54) is 23.3 Å². The molecule has 0 aliphatic carbocycles. The highest BCUT2D eigenvalue weighted by atomic mass is 16.5. The monoisotopic (exact) mass is 822 g/mol. The molecule has 0 saturated carbocycles. The van der Waals surface area contributed by atoms with Crippen molar-refractivity contribution in [3.8, 4) is 23.0 Å². The second kappa shape index (κ2) is 27.2. The highest BCUT2D eigenvalue weighted by Crippen LogP contribution is 2.28. The summed E-state index contributed by atoms with van der Waals surface area (Å²) >= 11 is 0. The third-order valence-electron chi connectivity index (χ3n) is 8.33. The fourth-order valence-corrected chi connectivity index (χ4v) is 5.26. The summed E-state index contributed by atoms with van der Waals surface area (Å²) in [4.78, 5) is 40.2. The standard InChI is InChI=1S/2C19H24N2O4.C4H4O4.H2O/c2*1-13(9-14-3-6-16(25-2)7-4-14)20-11-19(24)15-5-8-18(23)17(10-15)21-12-22;5-3(6)1-2-4(7)8;/h2*3-8,10,12-13,19-20,23-24H,9,11H2,1-2H3,(H,21,22);1-2H,(H,5,6)(H,7,8);1H2/b;;2-1+;/t2*13-,19+;;/m11../s1. The average molecular weight is 823 g/mol. The summed E-state index contributed by atoms with van der Waals surface area (Å²) in [5.41, 5.74) is 4.14. The first kappa shape index (κ1) is 50.5. The molecule has 0 aliphatic rings. The van der Waals surface area contributed by atoms with E-state index in [2.05, 4.69) is 21.3 Å². The van der Waals surface area contributed by atoms with Crippen molar-refractivity contribution in [3.63, 3.8) is 0 Å². The molecule has 0 unspecified atom stereocenters. The molecule has 4 aromatic carbocycles. The van der Waals surface area contributed by atoms with Gasteiger partial charge in [0.2, 0.25) is 12.8 Å². The molecule has 0 aliphatic heterocycles. The van der Waals surface area contributed by atoms with Crippen LogP contribution in [-0.2, 0) is 32.0 Å². The Balaban J connectivity index is 0.000000492. The van der Waals surface area contributed by atoms with Crippen molar-refractivity contribution in [3.05, 3.63) is 119 Å². The van der Waals surface area contributed by atoms with Crippen molar-refractivity contribution >= 4 is 36.1 Å². The Kier molecular flexibility index (Phi) is 23.3. The molecule has 4 rings (SSSR count). The largest absolute Gasteiger partial charge is 0.506 e. The highest BCUT2D eigenvalue weighted by Gasteiger charge is 2.14. The van der Waals surface area contributed by atoms with E-state index < -0.39 is 24.1 Å². The van der Waals surface area contributed by atoms with Crippen molar-refractivity contribution < 1.29 is 64.8 Å². The average Bonchev–Trinajstić information content (AvgIpc) is 3.21. The Morgan fingerprint density at radius 3 is 1.24 bits per heavy atom. The minimum Gasteiger partial charge on any atom is -0.506 e. The zero-order valence-electron chi connectivity index (χ0n) is 33.2. The van der Waals surface area contributed by atoms with Crippen LogP contribution in [0.15, 0.2) is 97.1 Å². The van der Waals surface area contributed by atoms with Crippen LogP contribution < -0.4 is 30.7 Å². The molecule has 17 heteroatoms. The number of anilines is 2. The zero-order chi connectivity index (χ0) is 43.0. The van der Waals surface area contributed by atoms with E-state index in [-0.39, 0.29) is 40.4 Å². The Bertz CT molecular complexity index is 1770. The van der Waals surface area contributed by atoms with E-state index in [1.54, 1.807) is 38.5 Å². The summed E-state index contributed by atoms with van der Waals surface area (Å²) in [5, 5.41) is 66.9. The first-order chi connectivity index (χ1) is 27.7. The minimum absolute atomic E-state index is 0. The molecule has 0 saturated heterocycles. The molecule has 320 valence electrons. The van der Waals surface area contributed by atoms with Crippen LogP contribution in [0.5, 0.6) is 23.0 Å². The number of phenols is 2. The second-order valence-corrected chi connectivity index (χ2v) is 12.8. The topological polar surface area (TPSA) is 288 Å². The highest BCUT2D eigenvalue weighted by molar-refractivity contribution is 5.89. The molecule has 0 radical (unpaired) electrons. The molecular formula is C42H54N4O13. The van der Waals surface area contributed by atoms with Crippen molar-refractivity contribution in [2.24, 2.45) is 0 Å². The predicted molar refractivity (Wildman–Crippen MR) is 222 cm³/mol. The number of methoxy groups -OCH3 is 2. The van der Waals surface area contributed by atoms with Crippen molar-refractivity contribution in [2.45, 2.75) is 51.0 Å². The molecule has 0 spiro atoms. The summed E-state index contributed by atoms with van der Waals surface area (Å²) in [6.07, 6.45) is 2.25. The van der Waals surface area contributed by atoms with Gasteiger partial charge in [-0.2, -0.15) is 0 Å². The quantitative estimate of drug-likeness (QED) is 0.0348. The molecule has 0 bridgehead atoms. The van der Waals surface area contributed by atoms with Crippen LogP contribution in [0.2, 0.25) is 0 Å². The van der Waals surface area contributed by atoms with Gasteiger partial charge in [0.25, 0.3) is 0 Å². The number of aliphatic hydroxyl groups is 2. The van der Waals surface area contributed by atoms with Gasteiger partial charge >= 0.3 is 11.9 Å². The molecule has 0 heterocycles. The number of rotatable bonds is 20. The molecule has 4 atom stereocenters. The van der Waals surface area contributed by atoms with Gasteiger partial charge in [-0.05, 0) is 97.5 Å². The number of carbonyl (C=O) groups is 4. The van der Waals surface area contributed by atoms with E-state index in [0.29, 0.717) is 49.2 Å². The number of benzene rings is 4. The van der Waals surface area contributed by atoms with Crippen LogP contribution >= 0.6 is 0 Å². The number of hydrogen-bond acceptors (Lipinski definition) is 12. The van der Waals surface area contributed by atoms with E-state index in [1.807, 2.05) is 62.4 Å². The third-order valence-corrected chi connectivity index (χ3v) is 8.33. The van der Waals surface area contributed by atoms with Crippen molar-refractivity contribution in [1.29, 1.82) is 0 Å². The van der Waals surface area contributed by atoms with Crippen LogP contribution in [0, 0.1) is 0 Å².